The van der Waals surface area contributed by atoms with Crippen LogP contribution in [-0.4, -0.2) is 62.1 Å². The fourth-order valence-electron chi connectivity index (χ4n) is 4.93. The highest BCUT2D eigenvalue weighted by Crippen LogP contribution is 2.46. The van der Waals surface area contributed by atoms with E-state index in [4.69, 9.17) is 5.73 Å². The molecule has 0 bridgehead atoms. The number of primary amides is 1. The average molecular weight is 628 g/mol. The maximum atomic E-state index is 13.0. The number of nitrogens with two attached hydrogens (primary N) is 1. The number of dihydropyridines is 1. The first kappa shape index (κ1) is 28.0. The van der Waals surface area contributed by atoms with E-state index in [9.17, 15) is 18.0 Å². The molecule has 10 nitrogen and oxygen atoms in total. The van der Waals surface area contributed by atoms with Crippen molar-refractivity contribution in [3.63, 3.8) is 0 Å². The number of hydrogen-bond acceptors (Lipinski definition) is 6. The first-order valence-corrected chi connectivity index (χ1v) is 15.7. The number of aromatic nitrogens is 2. The molecule has 1 fully saturated rings. The highest BCUT2D eigenvalue weighted by atomic mass is 79.9. The lowest BCUT2D eigenvalue weighted by Crippen LogP contribution is -2.42. The van der Waals surface area contributed by atoms with Crippen molar-refractivity contribution in [2.75, 3.05) is 30.2 Å². The molecule has 2 aromatic carbocycles. The SMILES string of the molecule is CC1(C(=O)NCCCN(c2cc3nn(-c4ccc(Br)cc4)c(C(N)=O)c3cc2C2CC2)S(C)(=O)=O)C=CC=NC1. The fraction of sp³-hybridized carbons (Fsp3) is 0.357. The van der Waals surface area contributed by atoms with E-state index in [1.54, 1.807) is 18.4 Å². The molecular weight excluding hydrogens is 596 g/mol. The van der Waals surface area contributed by atoms with E-state index in [0.29, 0.717) is 41.8 Å². The summed E-state index contributed by atoms with van der Waals surface area (Å²) in [5, 5.41) is 8.16. The summed E-state index contributed by atoms with van der Waals surface area (Å²) in [6, 6.07) is 10.9. The molecule has 2 heterocycles. The molecule has 12 heteroatoms. The predicted octanol–water partition coefficient (Wildman–Crippen LogP) is 3.68. The van der Waals surface area contributed by atoms with E-state index in [1.807, 2.05) is 43.3 Å². The van der Waals surface area contributed by atoms with Gasteiger partial charge in [0, 0.05) is 29.2 Å². The number of halogens is 1. The number of nitrogens with one attached hydrogen (secondary N) is 1. The monoisotopic (exact) mass is 626 g/mol. The maximum Gasteiger partial charge on any atom is 0.268 e. The van der Waals surface area contributed by atoms with Crippen molar-refractivity contribution in [1.29, 1.82) is 0 Å². The number of anilines is 1. The lowest BCUT2D eigenvalue weighted by atomic mass is 9.88. The lowest BCUT2D eigenvalue weighted by molar-refractivity contribution is -0.127. The van der Waals surface area contributed by atoms with Crippen molar-refractivity contribution in [1.82, 2.24) is 15.1 Å². The summed E-state index contributed by atoms with van der Waals surface area (Å²) in [7, 11) is -3.67. The highest BCUT2D eigenvalue weighted by Gasteiger charge is 2.33. The average Bonchev–Trinajstić information content (AvgIpc) is 3.68. The van der Waals surface area contributed by atoms with Gasteiger partial charge in [0.1, 0.15) is 5.69 Å². The minimum absolute atomic E-state index is 0.149. The van der Waals surface area contributed by atoms with E-state index in [0.717, 1.165) is 22.9 Å². The van der Waals surface area contributed by atoms with Crippen LogP contribution in [0.1, 0.15) is 48.2 Å². The van der Waals surface area contributed by atoms with Crippen LogP contribution in [0.2, 0.25) is 0 Å². The Morgan fingerprint density at radius 3 is 2.55 bits per heavy atom. The summed E-state index contributed by atoms with van der Waals surface area (Å²) in [4.78, 5) is 29.5. The zero-order valence-electron chi connectivity index (χ0n) is 22.3. The Kier molecular flexibility index (Phi) is 7.58. The largest absolute Gasteiger partial charge is 0.364 e. The molecule has 0 saturated heterocycles. The lowest BCUT2D eigenvalue weighted by Gasteiger charge is -2.27. The van der Waals surface area contributed by atoms with E-state index < -0.39 is 21.3 Å². The van der Waals surface area contributed by atoms with Gasteiger partial charge in [-0.05, 0) is 80.1 Å². The van der Waals surface area contributed by atoms with Crippen LogP contribution in [0.25, 0.3) is 16.6 Å². The third-order valence-electron chi connectivity index (χ3n) is 7.23. The molecule has 2 aliphatic rings. The Morgan fingerprint density at radius 1 is 1.23 bits per heavy atom. The topological polar surface area (TPSA) is 140 Å². The molecule has 5 rings (SSSR count). The Hall–Kier alpha value is -3.51. The second-order valence-corrected chi connectivity index (χ2v) is 13.3. The van der Waals surface area contributed by atoms with Crippen LogP contribution in [0.5, 0.6) is 0 Å². The summed E-state index contributed by atoms with van der Waals surface area (Å²) in [5.41, 5.74) is 7.84. The second kappa shape index (κ2) is 10.8. The first-order valence-electron chi connectivity index (χ1n) is 13.0. The van der Waals surface area contributed by atoms with Gasteiger partial charge in [-0.25, -0.2) is 13.1 Å². The number of allylic oxidation sites excluding steroid dienone is 1. The summed E-state index contributed by atoms with van der Waals surface area (Å²) in [6.07, 6.45) is 8.68. The van der Waals surface area contributed by atoms with Crippen LogP contribution >= 0.6 is 15.9 Å². The number of aliphatic imine (C=N–C) groups is 1. The van der Waals surface area contributed by atoms with Gasteiger partial charge in [0.05, 0.1) is 35.1 Å². The summed E-state index contributed by atoms with van der Waals surface area (Å²) >= 11 is 3.42. The Morgan fingerprint density at radius 2 is 1.95 bits per heavy atom. The standard InChI is InChI=1S/C28H31BrN6O4S/c1-28(11-3-12-31-17-28)27(37)32-13-4-14-34(40(2,38)39)24-16-23-22(15-21(24)18-5-6-18)25(26(30)36)35(33-23)20-9-7-19(29)8-10-20/h3,7-12,15-16,18H,4-6,13-14,17H2,1-2H3,(H2,30,36)(H,32,37). The van der Waals surface area contributed by atoms with Crippen LogP contribution in [0, 0.1) is 5.41 Å². The van der Waals surface area contributed by atoms with Gasteiger partial charge in [0.15, 0.2) is 0 Å². The van der Waals surface area contributed by atoms with Crippen molar-refractivity contribution in [3.05, 3.63) is 64.3 Å². The molecule has 0 radical (unpaired) electrons. The third-order valence-corrected chi connectivity index (χ3v) is 8.94. The van der Waals surface area contributed by atoms with Crippen LogP contribution in [0.3, 0.4) is 0 Å². The minimum atomic E-state index is -3.67. The Labute approximate surface area is 241 Å². The third kappa shape index (κ3) is 5.68. The van der Waals surface area contributed by atoms with Crippen molar-refractivity contribution >= 4 is 60.6 Å². The molecule has 1 aromatic heterocycles. The smallest absolute Gasteiger partial charge is 0.268 e. The molecule has 1 unspecified atom stereocenters. The summed E-state index contributed by atoms with van der Waals surface area (Å²) in [6.45, 7) is 2.67. The van der Waals surface area contributed by atoms with Gasteiger partial charge in [-0.2, -0.15) is 5.10 Å². The molecule has 3 N–H and O–H groups in total. The van der Waals surface area contributed by atoms with Gasteiger partial charge in [-0.3, -0.25) is 18.9 Å². The van der Waals surface area contributed by atoms with Gasteiger partial charge in [0.25, 0.3) is 5.91 Å². The van der Waals surface area contributed by atoms with Crippen molar-refractivity contribution < 1.29 is 18.0 Å². The number of sulfonamides is 1. The summed E-state index contributed by atoms with van der Waals surface area (Å²) < 4.78 is 29.8. The number of carbonyl (C=O) groups is 2. The van der Waals surface area contributed by atoms with Gasteiger partial charge in [-0.1, -0.05) is 22.0 Å². The molecule has 1 aliphatic carbocycles. The molecule has 2 amide bonds. The molecule has 1 atom stereocenters. The maximum absolute atomic E-state index is 13.0. The molecular formula is C28H31BrN6O4S. The number of nitrogens with zero attached hydrogens (tertiary/aromatic N) is 4. The molecule has 0 spiro atoms. The number of fused-ring (bicyclic) bond motifs is 1. The molecule has 3 aromatic rings. The van der Waals surface area contributed by atoms with E-state index >= 15 is 0 Å². The second-order valence-electron chi connectivity index (χ2n) is 10.5. The molecule has 1 saturated carbocycles. The first-order chi connectivity index (χ1) is 19.0. The highest BCUT2D eigenvalue weighted by molar-refractivity contribution is 9.10. The quantitative estimate of drug-likeness (QED) is 0.330. The van der Waals surface area contributed by atoms with Crippen LogP contribution < -0.4 is 15.4 Å². The predicted molar refractivity (Wildman–Crippen MR) is 160 cm³/mol. The fourth-order valence-corrected chi connectivity index (χ4v) is 6.17. The van der Waals surface area contributed by atoms with E-state index in [1.165, 1.54) is 15.2 Å². The number of carbonyl (C=O) groups excluding carboxylic acids is 2. The van der Waals surface area contributed by atoms with Gasteiger partial charge < -0.3 is 11.1 Å². The van der Waals surface area contributed by atoms with Gasteiger partial charge in [0.2, 0.25) is 15.9 Å². The number of benzene rings is 2. The van der Waals surface area contributed by atoms with E-state index in [2.05, 4.69) is 31.3 Å². The van der Waals surface area contributed by atoms with Gasteiger partial charge >= 0.3 is 0 Å². The van der Waals surface area contributed by atoms with Crippen molar-refractivity contribution in [2.45, 2.75) is 32.1 Å². The molecule has 1 aliphatic heterocycles. The zero-order valence-corrected chi connectivity index (χ0v) is 24.7. The molecule has 40 heavy (non-hydrogen) atoms. The van der Waals surface area contributed by atoms with Crippen LogP contribution in [0.15, 0.2) is 58.0 Å². The van der Waals surface area contributed by atoms with Crippen molar-refractivity contribution in [3.8, 4) is 5.69 Å². The number of rotatable bonds is 10. The van der Waals surface area contributed by atoms with Crippen LogP contribution in [-0.2, 0) is 14.8 Å². The Bertz CT molecular complexity index is 1640. The number of amides is 2. The minimum Gasteiger partial charge on any atom is -0.364 e. The zero-order chi connectivity index (χ0) is 28.7. The summed E-state index contributed by atoms with van der Waals surface area (Å²) in [5.74, 6) is -0.592. The Balaban J connectivity index is 1.46. The van der Waals surface area contributed by atoms with Gasteiger partial charge in [-0.15, -0.1) is 0 Å². The van der Waals surface area contributed by atoms with Crippen molar-refractivity contribution in [2.24, 2.45) is 16.1 Å². The van der Waals surface area contributed by atoms with Crippen LogP contribution in [0.4, 0.5) is 5.69 Å². The molecule has 210 valence electrons. The van der Waals surface area contributed by atoms with E-state index in [-0.39, 0.29) is 24.1 Å². The normalized spacial score (nSPS) is 18.7. The number of hydrogen-bond donors (Lipinski definition) is 2.